The van der Waals surface area contributed by atoms with Crippen molar-refractivity contribution in [2.45, 2.75) is 25.4 Å². The molecule has 0 aliphatic heterocycles. The molecule has 0 spiro atoms. The van der Waals surface area contributed by atoms with Gasteiger partial charge in [0.1, 0.15) is 0 Å². The molecule has 1 heterocycles. The zero-order valence-corrected chi connectivity index (χ0v) is 7.13. The van der Waals surface area contributed by atoms with Gasteiger partial charge in [-0.2, -0.15) is 0 Å². The van der Waals surface area contributed by atoms with Crippen molar-refractivity contribution in [3.63, 3.8) is 0 Å². The second-order valence-corrected chi connectivity index (χ2v) is 3.69. The fraction of sp³-hybridized carbons (Fsp3) is 0.500. The van der Waals surface area contributed by atoms with Crippen LogP contribution in [0.25, 0.3) is 0 Å². The minimum Gasteiger partial charge on any atom is -0.258 e. The number of rotatable bonds is 1. The predicted octanol–water partition coefficient (Wildman–Crippen LogP) is 2.68. The molecule has 12 heavy (non-hydrogen) atoms. The van der Waals surface area contributed by atoms with E-state index in [-0.39, 0.29) is 0 Å². The SMILES string of the molecule is CC1CC(F)(c2ccccn2)C1. The van der Waals surface area contributed by atoms with Crippen molar-refractivity contribution >= 4 is 0 Å². The van der Waals surface area contributed by atoms with Gasteiger partial charge in [0.2, 0.25) is 0 Å². The minimum atomic E-state index is -1.12. The summed E-state index contributed by atoms with van der Waals surface area (Å²) in [7, 11) is 0. The lowest BCUT2D eigenvalue weighted by Gasteiger charge is -2.38. The van der Waals surface area contributed by atoms with Gasteiger partial charge in [0.05, 0.1) is 5.69 Å². The molecule has 0 N–H and O–H groups in total. The van der Waals surface area contributed by atoms with Crippen LogP contribution in [-0.2, 0) is 5.67 Å². The number of aromatic nitrogens is 1. The molecule has 1 aliphatic carbocycles. The standard InChI is InChI=1S/C10H12FN/c1-8-6-10(11,7-8)9-4-2-3-5-12-9/h2-5,8H,6-7H2,1H3. The Labute approximate surface area is 71.6 Å². The molecule has 0 atom stereocenters. The number of hydrogen-bond donors (Lipinski definition) is 0. The highest BCUT2D eigenvalue weighted by Crippen LogP contribution is 2.47. The van der Waals surface area contributed by atoms with Crippen molar-refractivity contribution in [1.29, 1.82) is 0 Å². The molecular weight excluding hydrogens is 153 g/mol. The van der Waals surface area contributed by atoms with Crippen LogP contribution in [0.4, 0.5) is 4.39 Å². The lowest BCUT2D eigenvalue weighted by atomic mass is 9.71. The van der Waals surface area contributed by atoms with Crippen molar-refractivity contribution in [2.24, 2.45) is 5.92 Å². The first kappa shape index (κ1) is 7.71. The molecule has 2 rings (SSSR count). The van der Waals surface area contributed by atoms with Gasteiger partial charge in [-0.25, -0.2) is 4.39 Å². The summed E-state index contributed by atoms with van der Waals surface area (Å²) in [5.41, 5.74) is -0.524. The summed E-state index contributed by atoms with van der Waals surface area (Å²) in [4.78, 5) is 4.03. The predicted molar refractivity (Wildman–Crippen MR) is 45.4 cm³/mol. The molecule has 1 aliphatic rings. The highest BCUT2D eigenvalue weighted by molar-refractivity contribution is 5.16. The van der Waals surface area contributed by atoms with Gasteiger partial charge in [-0.05, 0) is 30.9 Å². The highest BCUT2D eigenvalue weighted by Gasteiger charge is 2.44. The molecule has 0 bridgehead atoms. The van der Waals surface area contributed by atoms with Gasteiger partial charge in [-0.1, -0.05) is 13.0 Å². The van der Waals surface area contributed by atoms with Gasteiger partial charge in [-0.3, -0.25) is 4.98 Å². The van der Waals surface area contributed by atoms with E-state index < -0.39 is 5.67 Å². The number of pyridine rings is 1. The third-order valence-electron chi connectivity index (χ3n) is 2.47. The monoisotopic (exact) mass is 165 g/mol. The smallest absolute Gasteiger partial charge is 0.153 e. The molecule has 1 fully saturated rings. The Balaban J connectivity index is 2.21. The zero-order chi connectivity index (χ0) is 8.60. The molecule has 1 aromatic heterocycles. The fourth-order valence-electron chi connectivity index (χ4n) is 1.88. The number of nitrogens with zero attached hydrogens (tertiary/aromatic N) is 1. The van der Waals surface area contributed by atoms with Gasteiger partial charge in [-0.15, -0.1) is 0 Å². The summed E-state index contributed by atoms with van der Waals surface area (Å²) in [5, 5.41) is 0. The van der Waals surface area contributed by atoms with Crippen LogP contribution in [-0.4, -0.2) is 4.98 Å². The van der Waals surface area contributed by atoms with Gasteiger partial charge < -0.3 is 0 Å². The molecule has 0 amide bonds. The Kier molecular flexibility index (Phi) is 1.63. The Morgan fingerprint density at radius 1 is 1.50 bits per heavy atom. The van der Waals surface area contributed by atoms with Crippen LogP contribution in [0.2, 0.25) is 0 Å². The molecule has 2 heteroatoms. The lowest BCUT2D eigenvalue weighted by Crippen LogP contribution is -2.36. The Hall–Kier alpha value is -0.920. The average molecular weight is 165 g/mol. The first-order valence-corrected chi connectivity index (χ1v) is 4.31. The topological polar surface area (TPSA) is 12.9 Å². The van der Waals surface area contributed by atoms with E-state index in [1.165, 1.54) is 0 Å². The largest absolute Gasteiger partial charge is 0.258 e. The van der Waals surface area contributed by atoms with Crippen molar-refractivity contribution in [3.8, 4) is 0 Å². The van der Waals surface area contributed by atoms with Crippen molar-refractivity contribution in [1.82, 2.24) is 4.98 Å². The minimum absolute atomic E-state index is 0.511. The van der Waals surface area contributed by atoms with Gasteiger partial charge in [0.25, 0.3) is 0 Å². The van der Waals surface area contributed by atoms with Crippen LogP contribution in [0.5, 0.6) is 0 Å². The Morgan fingerprint density at radius 2 is 2.25 bits per heavy atom. The summed E-state index contributed by atoms with van der Waals surface area (Å²) in [6, 6.07) is 5.42. The van der Waals surface area contributed by atoms with Crippen LogP contribution in [0, 0.1) is 5.92 Å². The van der Waals surface area contributed by atoms with E-state index in [0.29, 0.717) is 24.5 Å². The molecule has 0 saturated heterocycles. The van der Waals surface area contributed by atoms with E-state index in [2.05, 4.69) is 11.9 Å². The normalized spacial score (nSPS) is 34.3. The van der Waals surface area contributed by atoms with Gasteiger partial charge >= 0.3 is 0 Å². The molecular formula is C10H12FN. The van der Waals surface area contributed by atoms with Crippen LogP contribution in [0.1, 0.15) is 25.5 Å². The summed E-state index contributed by atoms with van der Waals surface area (Å²) < 4.78 is 13.8. The van der Waals surface area contributed by atoms with E-state index in [9.17, 15) is 4.39 Å². The van der Waals surface area contributed by atoms with E-state index in [4.69, 9.17) is 0 Å². The Bertz CT molecular complexity index is 264. The van der Waals surface area contributed by atoms with Crippen molar-refractivity contribution in [2.75, 3.05) is 0 Å². The third-order valence-corrected chi connectivity index (χ3v) is 2.47. The second-order valence-electron chi connectivity index (χ2n) is 3.69. The maximum absolute atomic E-state index is 13.8. The van der Waals surface area contributed by atoms with Crippen LogP contribution < -0.4 is 0 Å². The molecule has 0 radical (unpaired) electrons. The molecule has 0 unspecified atom stereocenters. The van der Waals surface area contributed by atoms with E-state index in [1.807, 2.05) is 12.1 Å². The maximum Gasteiger partial charge on any atom is 0.153 e. The number of alkyl halides is 1. The van der Waals surface area contributed by atoms with Crippen LogP contribution in [0.3, 0.4) is 0 Å². The molecule has 1 nitrogen and oxygen atoms in total. The average Bonchev–Trinajstić information content (AvgIpc) is 2.04. The van der Waals surface area contributed by atoms with Gasteiger partial charge in [0, 0.05) is 6.20 Å². The second kappa shape index (κ2) is 2.54. The molecule has 64 valence electrons. The number of hydrogen-bond acceptors (Lipinski definition) is 1. The van der Waals surface area contributed by atoms with Crippen molar-refractivity contribution < 1.29 is 4.39 Å². The third kappa shape index (κ3) is 1.11. The van der Waals surface area contributed by atoms with E-state index in [0.717, 1.165) is 0 Å². The van der Waals surface area contributed by atoms with E-state index >= 15 is 0 Å². The summed E-state index contributed by atoms with van der Waals surface area (Å²) in [5.74, 6) is 0.511. The quantitative estimate of drug-likeness (QED) is 0.623. The molecule has 1 aromatic rings. The summed E-state index contributed by atoms with van der Waals surface area (Å²) >= 11 is 0. The van der Waals surface area contributed by atoms with Crippen LogP contribution >= 0.6 is 0 Å². The first-order valence-electron chi connectivity index (χ1n) is 4.31. The lowest BCUT2D eigenvalue weighted by molar-refractivity contribution is 0.00729. The summed E-state index contributed by atoms with van der Waals surface area (Å²) in [6.45, 7) is 2.07. The Morgan fingerprint density at radius 3 is 2.75 bits per heavy atom. The first-order chi connectivity index (χ1) is 5.71. The van der Waals surface area contributed by atoms with Crippen LogP contribution in [0.15, 0.2) is 24.4 Å². The van der Waals surface area contributed by atoms with Gasteiger partial charge in [0.15, 0.2) is 5.67 Å². The molecule has 0 aromatic carbocycles. The zero-order valence-electron chi connectivity index (χ0n) is 7.13. The maximum atomic E-state index is 13.8. The highest BCUT2D eigenvalue weighted by atomic mass is 19.1. The molecule has 1 saturated carbocycles. The number of halogens is 1. The van der Waals surface area contributed by atoms with Crippen molar-refractivity contribution in [3.05, 3.63) is 30.1 Å². The fourth-order valence-corrected chi connectivity index (χ4v) is 1.88. The van der Waals surface area contributed by atoms with E-state index in [1.54, 1.807) is 12.3 Å². The summed E-state index contributed by atoms with van der Waals surface area (Å²) in [6.07, 6.45) is 2.91.